The van der Waals surface area contributed by atoms with Crippen molar-refractivity contribution >= 4 is 63.7 Å². The van der Waals surface area contributed by atoms with Crippen molar-refractivity contribution in [1.29, 1.82) is 0 Å². The van der Waals surface area contributed by atoms with Gasteiger partial charge in [0.05, 0.1) is 18.7 Å². The Kier molecular flexibility index (Phi) is 9.20. The van der Waals surface area contributed by atoms with Gasteiger partial charge in [-0.3, -0.25) is 14.5 Å². The van der Waals surface area contributed by atoms with E-state index in [1.165, 1.54) is 29.2 Å². The molecular formula is C28H26Cl2FN3O3S. The number of carbonyl (C=O) groups is 2. The van der Waals surface area contributed by atoms with Crippen LogP contribution < -0.4 is 15.0 Å². The maximum atomic E-state index is 13.5. The van der Waals surface area contributed by atoms with Crippen LogP contribution in [0.15, 0.2) is 66.7 Å². The van der Waals surface area contributed by atoms with Crippen molar-refractivity contribution in [3.8, 4) is 5.75 Å². The third-order valence-electron chi connectivity index (χ3n) is 6.03. The van der Waals surface area contributed by atoms with Crippen molar-refractivity contribution in [2.75, 3.05) is 23.4 Å². The molecular weight excluding hydrogens is 548 g/mol. The number of halogens is 3. The van der Waals surface area contributed by atoms with E-state index >= 15 is 0 Å². The lowest BCUT2D eigenvalue weighted by Gasteiger charge is -2.24. The standard InChI is InChI=1S/C28H26Cl2FN3O3S/c1-2-15-37-23-11-7-21(8-12-23)32-26(35)17-25-27(36)34(22-9-5-20(31)6-10-22)28(38)33(25)14-13-18-3-4-19(29)16-24(18)30/h3-12,16,25H,2,13-15,17H2,1H3,(H,32,35). The second-order valence-electron chi connectivity index (χ2n) is 8.75. The summed E-state index contributed by atoms with van der Waals surface area (Å²) >= 11 is 18.0. The minimum Gasteiger partial charge on any atom is -0.494 e. The lowest BCUT2D eigenvalue weighted by atomic mass is 10.1. The van der Waals surface area contributed by atoms with Crippen molar-refractivity contribution in [2.45, 2.75) is 32.2 Å². The Morgan fingerprint density at radius 2 is 1.79 bits per heavy atom. The molecule has 1 N–H and O–H groups in total. The maximum absolute atomic E-state index is 13.5. The van der Waals surface area contributed by atoms with Gasteiger partial charge in [-0.25, -0.2) is 4.39 Å². The molecule has 0 spiro atoms. The molecule has 1 aliphatic rings. The Bertz CT molecular complexity index is 1320. The molecule has 0 radical (unpaired) electrons. The van der Waals surface area contributed by atoms with Crippen LogP contribution in [0.5, 0.6) is 5.75 Å². The molecule has 0 aromatic heterocycles. The van der Waals surface area contributed by atoms with Crippen LogP contribution in [0.3, 0.4) is 0 Å². The van der Waals surface area contributed by atoms with Crippen molar-refractivity contribution < 1.29 is 18.7 Å². The van der Waals surface area contributed by atoms with E-state index in [-0.39, 0.29) is 23.3 Å². The fourth-order valence-electron chi connectivity index (χ4n) is 4.12. The number of ether oxygens (including phenoxy) is 1. The molecule has 1 heterocycles. The van der Waals surface area contributed by atoms with Crippen molar-refractivity contribution in [1.82, 2.24) is 4.90 Å². The Morgan fingerprint density at radius 1 is 1.08 bits per heavy atom. The van der Waals surface area contributed by atoms with Crippen LogP contribution in [0.2, 0.25) is 10.0 Å². The van der Waals surface area contributed by atoms with Gasteiger partial charge in [-0.05, 0) is 91.3 Å². The lowest BCUT2D eigenvalue weighted by Crippen LogP contribution is -2.39. The number of nitrogens with zero attached hydrogens (tertiary/aromatic N) is 2. The topological polar surface area (TPSA) is 61.9 Å². The molecule has 0 bridgehead atoms. The Hall–Kier alpha value is -3.20. The van der Waals surface area contributed by atoms with Gasteiger partial charge in [-0.15, -0.1) is 0 Å². The van der Waals surface area contributed by atoms with Crippen LogP contribution in [0, 0.1) is 5.82 Å². The first kappa shape index (κ1) is 27.8. The van der Waals surface area contributed by atoms with E-state index in [0.29, 0.717) is 46.7 Å². The monoisotopic (exact) mass is 573 g/mol. The zero-order chi connectivity index (χ0) is 27.2. The zero-order valence-corrected chi connectivity index (χ0v) is 23.0. The SMILES string of the molecule is CCCOc1ccc(NC(=O)CC2C(=O)N(c3ccc(F)cc3)C(=S)N2CCc2ccc(Cl)cc2Cl)cc1. The van der Waals surface area contributed by atoms with Crippen LogP contribution in [0.1, 0.15) is 25.3 Å². The Morgan fingerprint density at radius 3 is 2.45 bits per heavy atom. The number of rotatable bonds is 10. The van der Waals surface area contributed by atoms with Crippen LogP contribution in [-0.2, 0) is 16.0 Å². The number of hydrogen-bond acceptors (Lipinski definition) is 4. The highest BCUT2D eigenvalue weighted by Gasteiger charge is 2.44. The second kappa shape index (κ2) is 12.6. The molecule has 3 aromatic carbocycles. The first-order valence-electron chi connectivity index (χ1n) is 12.1. The highest BCUT2D eigenvalue weighted by atomic mass is 35.5. The molecule has 3 aromatic rings. The maximum Gasteiger partial charge on any atom is 0.256 e. The molecule has 4 rings (SSSR count). The Balaban J connectivity index is 1.52. The average Bonchev–Trinajstić information content (AvgIpc) is 3.12. The van der Waals surface area contributed by atoms with E-state index in [4.69, 9.17) is 40.2 Å². The fourth-order valence-corrected chi connectivity index (χ4v) is 5.04. The summed E-state index contributed by atoms with van der Waals surface area (Å²) < 4.78 is 19.1. The van der Waals surface area contributed by atoms with Gasteiger partial charge in [0.25, 0.3) is 5.91 Å². The van der Waals surface area contributed by atoms with E-state index in [2.05, 4.69) is 5.32 Å². The molecule has 38 heavy (non-hydrogen) atoms. The lowest BCUT2D eigenvalue weighted by molar-refractivity contribution is -0.124. The summed E-state index contributed by atoms with van der Waals surface area (Å²) in [5.41, 5.74) is 1.85. The summed E-state index contributed by atoms with van der Waals surface area (Å²) in [7, 11) is 0. The molecule has 0 saturated carbocycles. The zero-order valence-electron chi connectivity index (χ0n) is 20.6. The number of nitrogens with one attached hydrogen (secondary N) is 1. The first-order chi connectivity index (χ1) is 18.3. The van der Waals surface area contributed by atoms with Gasteiger partial charge < -0.3 is 15.0 Å². The molecule has 1 fully saturated rings. The molecule has 1 aliphatic heterocycles. The van der Waals surface area contributed by atoms with Crippen LogP contribution >= 0.6 is 35.4 Å². The fraction of sp³-hybridized carbons (Fsp3) is 0.250. The summed E-state index contributed by atoms with van der Waals surface area (Å²) in [6, 6.07) is 16.9. The minimum atomic E-state index is -0.842. The minimum absolute atomic E-state index is 0.126. The highest BCUT2D eigenvalue weighted by molar-refractivity contribution is 7.80. The highest BCUT2D eigenvalue weighted by Crippen LogP contribution is 2.29. The van der Waals surface area contributed by atoms with Gasteiger partial charge >= 0.3 is 0 Å². The van der Waals surface area contributed by atoms with Gasteiger partial charge in [-0.1, -0.05) is 36.2 Å². The molecule has 1 unspecified atom stereocenters. The number of amides is 2. The van der Waals surface area contributed by atoms with E-state index in [9.17, 15) is 14.0 Å². The van der Waals surface area contributed by atoms with Gasteiger partial charge in [0.1, 0.15) is 17.6 Å². The van der Waals surface area contributed by atoms with Crippen molar-refractivity contribution in [3.05, 3.63) is 88.2 Å². The molecule has 6 nitrogen and oxygen atoms in total. The van der Waals surface area contributed by atoms with Gasteiger partial charge in [0.2, 0.25) is 5.91 Å². The number of benzene rings is 3. The predicted octanol–water partition coefficient (Wildman–Crippen LogP) is 6.49. The van der Waals surface area contributed by atoms with Gasteiger partial charge in [0.15, 0.2) is 5.11 Å². The number of carbonyl (C=O) groups excluding carboxylic acids is 2. The smallest absolute Gasteiger partial charge is 0.256 e. The molecule has 198 valence electrons. The first-order valence-corrected chi connectivity index (χ1v) is 13.3. The molecule has 2 amide bonds. The van der Waals surface area contributed by atoms with Crippen LogP contribution in [0.25, 0.3) is 0 Å². The molecule has 10 heteroatoms. The number of thiocarbonyl (C=S) groups is 1. The summed E-state index contributed by atoms with van der Waals surface area (Å²) in [4.78, 5) is 29.6. The second-order valence-corrected chi connectivity index (χ2v) is 9.96. The van der Waals surface area contributed by atoms with Gasteiger partial charge in [-0.2, -0.15) is 0 Å². The third kappa shape index (κ3) is 6.62. The largest absolute Gasteiger partial charge is 0.494 e. The summed E-state index contributed by atoms with van der Waals surface area (Å²) in [5, 5.41) is 4.10. The van der Waals surface area contributed by atoms with Crippen LogP contribution in [-0.4, -0.2) is 41.0 Å². The van der Waals surface area contributed by atoms with Gasteiger partial charge in [0, 0.05) is 22.3 Å². The van der Waals surface area contributed by atoms with Crippen molar-refractivity contribution in [3.63, 3.8) is 0 Å². The van der Waals surface area contributed by atoms with Crippen LogP contribution in [0.4, 0.5) is 15.8 Å². The van der Waals surface area contributed by atoms with Crippen molar-refractivity contribution in [2.24, 2.45) is 0 Å². The Labute approximate surface area is 236 Å². The molecule has 1 saturated heterocycles. The quantitative estimate of drug-likeness (QED) is 0.281. The normalized spacial score (nSPS) is 15.2. The van der Waals surface area contributed by atoms with E-state index < -0.39 is 11.9 Å². The summed E-state index contributed by atoms with van der Waals surface area (Å²) in [6.07, 6.45) is 1.24. The molecule has 0 aliphatic carbocycles. The summed E-state index contributed by atoms with van der Waals surface area (Å²) in [6.45, 7) is 2.97. The van der Waals surface area contributed by atoms with E-state index in [1.807, 2.05) is 13.0 Å². The van der Waals surface area contributed by atoms with E-state index in [1.54, 1.807) is 41.3 Å². The predicted molar refractivity (Wildman–Crippen MR) is 153 cm³/mol. The third-order valence-corrected chi connectivity index (χ3v) is 7.03. The molecule has 1 atom stereocenters. The number of hydrogen-bond donors (Lipinski definition) is 1. The summed E-state index contributed by atoms with van der Waals surface area (Å²) in [5.74, 6) is -0.420. The average molecular weight is 575 g/mol. The number of anilines is 2. The van der Waals surface area contributed by atoms with E-state index in [0.717, 1.165) is 12.0 Å².